The zero-order valence-corrected chi connectivity index (χ0v) is 18.0. The minimum Gasteiger partial charge on any atom is -0.355 e. The number of rotatable bonds is 11. The number of hydrogen-bond donors (Lipinski definition) is 1. The molecular weight excluding hydrogens is 360 g/mol. The summed E-state index contributed by atoms with van der Waals surface area (Å²) in [6, 6.07) is 18.1. The summed E-state index contributed by atoms with van der Waals surface area (Å²) in [4.78, 5) is 27.5. The van der Waals surface area contributed by atoms with E-state index in [1.54, 1.807) is 4.90 Å². The van der Waals surface area contributed by atoms with E-state index < -0.39 is 6.04 Å². The molecule has 2 amide bonds. The van der Waals surface area contributed by atoms with Crippen molar-refractivity contribution in [2.24, 2.45) is 0 Å². The maximum absolute atomic E-state index is 13.1. The molecule has 0 unspecified atom stereocenters. The molecule has 0 spiro atoms. The van der Waals surface area contributed by atoms with Crippen molar-refractivity contribution >= 4 is 11.8 Å². The second-order valence-electron chi connectivity index (χ2n) is 7.31. The Bertz CT molecular complexity index is 756. The smallest absolute Gasteiger partial charge is 0.242 e. The molecule has 2 rings (SSSR count). The van der Waals surface area contributed by atoms with Gasteiger partial charge in [0.1, 0.15) is 6.04 Å². The van der Waals surface area contributed by atoms with Crippen molar-refractivity contribution in [3.05, 3.63) is 71.3 Å². The van der Waals surface area contributed by atoms with Crippen LogP contribution in [0.4, 0.5) is 0 Å². The summed E-state index contributed by atoms with van der Waals surface area (Å²) in [5, 5.41) is 2.88. The van der Waals surface area contributed by atoms with Crippen LogP contribution in [-0.2, 0) is 28.9 Å². The van der Waals surface area contributed by atoms with E-state index >= 15 is 0 Å². The molecule has 0 heterocycles. The van der Waals surface area contributed by atoms with Crippen LogP contribution >= 0.6 is 0 Å². The molecule has 0 saturated heterocycles. The fraction of sp³-hybridized carbons (Fsp3) is 0.440. The first kappa shape index (κ1) is 22.7. The molecule has 0 fully saturated rings. The van der Waals surface area contributed by atoms with Crippen LogP contribution in [0.1, 0.15) is 50.3 Å². The number of hydrogen-bond acceptors (Lipinski definition) is 2. The van der Waals surface area contributed by atoms with E-state index in [2.05, 4.69) is 48.6 Å². The predicted molar refractivity (Wildman–Crippen MR) is 119 cm³/mol. The zero-order chi connectivity index (χ0) is 21.1. The van der Waals surface area contributed by atoms with Gasteiger partial charge < -0.3 is 10.2 Å². The molecule has 2 aromatic rings. The Labute approximate surface area is 175 Å². The Hall–Kier alpha value is -2.62. The Morgan fingerprint density at radius 1 is 0.862 bits per heavy atom. The van der Waals surface area contributed by atoms with Crippen LogP contribution in [0.15, 0.2) is 54.6 Å². The van der Waals surface area contributed by atoms with Crippen LogP contribution in [0.5, 0.6) is 0 Å². The van der Waals surface area contributed by atoms with E-state index in [1.165, 1.54) is 11.1 Å². The lowest BCUT2D eigenvalue weighted by molar-refractivity contribution is -0.140. The summed E-state index contributed by atoms with van der Waals surface area (Å²) < 4.78 is 0. The highest BCUT2D eigenvalue weighted by molar-refractivity contribution is 5.87. The van der Waals surface area contributed by atoms with Crippen molar-refractivity contribution < 1.29 is 9.59 Å². The Kier molecular flexibility index (Phi) is 9.42. The van der Waals surface area contributed by atoms with Crippen LogP contribution in [0, 0.1) is 0 Å². The lowest BCUT2D eigenvalue weighted by atomic mass is 10.0. The molecule has 0 aliphatic heterocycles. The molecule has 1 atom stereocenters. The third-order valence-electron chi connectivity index (χ3n) is 5.28. The van der Waals surface area contributed by atoms with Gasteiger partial charge in [0.25, 0.3) is 0 Å². The molecular formula is C25H34N2O2. The van der Waals surface area contributed by atoms with Gasteiger partial charge in [0.05, 0.1) is 0 Å². The number of aryl methyl sites for hydroxylation is 2. The van der Waals surface area contributed by atoms with Gasteiger partial charge in [0, 0.05) is 19.5 Å². The van der Waals surface area contributed by atoms with E-state index in [4.69, 9.17) is 0 Å². The van der Waals surface area contributed by atoms with E-state index in [-0.39, 0.29) is 11.8 Å². The molecule has 0 aliphatic carbocycles. The fourth-order valence-corrected chi connectivity index (χ4v) is 3.52. The second kappa shape index (κ2) is 12.1. The SMILES string of the molecule is CCNC(=O)[C@@H](CC)N(CCc1ccccc1)C(=O)CCc1ccc(CC)cc1. The predicted octanol–water partition coefficient (Wildman–Crippen LogP) is 4.17. The first-order valence-electron chi connectivity index (χ1n) is 10.8. The lowest BCUT2D eigenvalue weighted by Crippen LogP contribution is -2.50. The monoisotopic (exact) mass is 394 g/mol. The Morgan fingerprint density at radius 2 is 1.48 bits per heavy atom. The van der Waals surface area contributed by atoms with Crippen LogP contribution in [0.25, 0.3) is 0 Å². The molecule has 29 heavy (non-hydrogen) atoms. The van der Waals surface area contributed by atoms with Gasteiger partial charge in [-0.15, -0.1) is 0 Å². The number of amides is 2. The van der Waals surface area contributed by atoms with Gasteiger partial charge in [0.15, 0.2) is 0 Å². The molecule has 1 N–H and O–H groups in total. The van der Waals surface area contributed by atoms with E-state index in [1.807, 2.05) is 32.0 Å². The molecule has 0 bridgehead atoms. The van der Waals surface area contributed by atoms with Crippen molar-refractivity contribution in [1.29, 1.82) is 0 Å². The third-order valence-corrected chi connectivity index (χ3v) is 5.28. The fourth-order valence-electron chi connectivity index (χ4n) is 3.52. The average Bonchev–Trinajstić information content (AvgIpc) is 2.76. The summed E-state index contributed by atoms with van der Waals surface area (Å²) in [6.45, 7) is 7.12. The molecule has 156 valence electrons. The van der Waals surface area contributed by atoms with Crippen LogP contribution < -0.4 is 5.32 Å². The molecule has 0 aromatic heterocycles. The number of carbonyl (C=O) groups is 2. The van der Waals surface area contributed by atoms with Gasteiger partial charge in [-0.25, -0.2) is 0 Å². The first-order valence-corrected chi connectivity index (χ1v) is 10.8. The third kappa shape index (κ3) is 7.04. The van der Waals surface area contributed by atoms with Crippen molar-refractivity contribution in [2.75, 3.05) is 13.1 Å². The molecule has 4 heteroatoms. The number of likely N-dealkylation sites (N-methyl/N-ethyl adjacent to an activating group) is 1. The average molecular weight is 395 g/mol. The lowest BCUT2D eigenvalue weighted by Gasteiger charge is -2.30. The maximum atomic E-state index is 13.1. The summed E-state index contributed by atoms with van der Waals surface area (Å²) in [7, 11) is 0. The second-order valence-corrected chi connectivity index (χ2v) is 7.31. The van der Waals surface area contributed by atoms with Gasteiger partial charge in [-0.3, -0.25) is 9.59 Å². The highest BCUT2D eigenvalue weighted by Crippen LogP contribution is 2.13. The van der Waals surface area contributed by atoms with Crippen molar-refractivity contribution in [2.45, 2.75) is 58.9 Å². The minimum absolute atomic E-state index is 0.0404. The topological polar surface area (TPSA) is 49.4 Å². The van der Waals surface area contributed by atoms with Crippen LogP contribution in [0.3, 0.4) is 0 Å². The number of benzene rings is 2. The standard InChI is InChI=1S/C25H34N2O2/c1-4-20-12-14-22(15-13-20)16-17-24(28)27(23(5-2)25(29)26-6-3)19-18-21-10-8-7-9-11-21/h7-15,23H,4-6,16-19H2,1-3H3,(H,26,29)/t23-/m1/s1. The minimum atomic E-state index is -0.423. The van der Waals surface area contributed by atoms with Gasteiger partial charge in [0.2, 0.25) is 11.8 Å². The molecule has 0 aliphatic rings. The van der Waals surface area contributed by atoms with E-state index in [0.29, 0.717) is 32.4 Å². The summed E-state index contributed by atoms with van der Waals surface area (Å²) in [5.41, 5.74) is 3.63. The largest absolute Gasteiger partial charge is 0.355 e. The van der Waals surface area contributed by atoms with E-state index in [9.17, 15) is 9.59 Å². The first-order chi connectivity index (χ1) is 14.1. The highest BCUT2D eigenvalue weighted by atomic mass is 16.2. The highest BCUT2D eigenvalue weighted by Gasteiger charge is 2.27. The number of carbonyl (C=O) groups excluding carboxylic acids is 2. The molecule has 2 aromatic carbocycles. The Morgan fingerprint density at radius 3 is 2.07 bits per heavy atom. The van der Waals surface area contributed by atoms with Gasteiger partial charge >= 0.3 is 0 Å². The summed E-state index contributed by atoms with van der Waals surface area (Å²) in [6.07, 6.45) is 3.47. The van der Waals surface area contributed by atoms with Crippen LogP contribution in [-0.4, -0.2) is 35.8 Å². The number of nitrogens with one attached hydrogen (secondary N) is 1. The van der Waals surface area contributed by atoms with Gasteiger partial charge in [-0.2, -0.15) is 0 Å². The summed E-state index contributed by atoms with van der Waals surface area (Å²) in [5.74, 6) is -0.0256. The molecule has 0 saturated carbocycles. The maximum Gasteiger partial charge on any atom is 0.242 e. The van der Waals surface area contributed by atoms with Crippen molar-refractivity contribution in [1.82, 2.24) is 10.2 Å². The van der Waals surface area contributed by atoms with Gasteiger partial charge in [-0.05, 0) is 49.3 Å². The summed E-state index contributed by atoms with van der Waals surface area (Å²) >= 11 is 0. The molecule has 4 nitrogen and oxygen atoms in total. The van der Waals surface area contributed by atoms with E-state index in [0.717, 1.165) is 18.4 Å². The normalized spacial score (nSPS) is 11.7. The molecule has 0 radical (unpaired) electrons. The van der Waals surface area contributed by atoms with Crippen molar-refractivity contribution in [3.63, 3.8) is 0 Å². The van der Waals surface area contributed by atoms with Crippen LogP contribution in [0.2, 0.25) is 0 Å². The zero-order valence-electron chi connectivity index (χ0n) is 18.0. The quantitative estimate of drug-likeness (QED) is 0.622. The van der Waals surface area contributed by atoms with Crippen molar-refractivity contribution in [3.8, 4) is 0 Å². The Balaban J connectivity index is 2.08. The number of nitrogens with zero attached hydrogens (tertiary/aromatic N) is 1. The van der Waals surface area contributed by atoms with Gasteiger partial charge in [-0.1, -0.05) is 68.4 Å².